The molecule has 1 N–H and O–H groups in total. The van der Waals surface area contributed by atoms with Crippen molar-refractivity contribution < 1.29 is 22.4 Å². The first-order valence-electron chi connectivity index (χ1n) is 8.92. The largest absolute Gasteiger partial charge is 0.351 e. The summed E-state index contributed by atoms with van der Waals surface area (Å²) in [6.07, 6.45) is 0.403. The molecular weight excluding hydrogens is 403 g/mol. The van der Waals surface area contributed by atoms with Crippen LogP contribution in [-0.2, 0) is 14.6 Å². The van der Waals surface area contributed by atoms with E-state index < -0.39 is 15.9 Å². The highest BCUT2D eigenvalue weighted by atomic mass is 32.2. The predicted octanol–water partition coefficient (Wildman–Crippen LogP) is 2.32. The van der Waals surface area contributed by atoms with Gasteiger partial charge in [-0.2, -0.15) is 0 Å². The van der Waals surface area contributed by atoms with Gasteiger partial charge in [-0.25, -0.2) is 12.8 Å². The van der Waals surface area contributed by atoms with Gasteiger partial charge in [0, 0.05) is 17.5 Å². The Morgan fingerprint density at radius 2 is 1.93 bits per heavy atom. The van der Waals surface area contributed by atoms with E-state index in [4.69, 9.17) is 0 Å². The molecule has 0 radical (unpaired) electrons. The molecule has 2 heterocycles. The van der Waals surface area contributed by atoms with Gasteiger partial charge in [-0.3, -0.25) is 9.59 Å². The van der Waals surface area contributed by atoms with E-state index in [0.29, 0.717) is 17.8 Å². The van der Waals surface area contributed by atoms with E-state index in [0.717, 1.165) is 10.4 Å². The lowest BCUT2D eigenvalue weighted by Crippen LogP contribution is -2.44. The minimum atomic E-state index is -3.08. The van der Waals surface area contributed by atoms with Crippen molar-refractivity contribution >= 4 is 33.0 Å². The lowest BCUT2D eigenvalue weighted by Gasteiger charge is -2.21. The molecule has 1 aliphatic rings. The number of nitrogens with zero attached hydrogens (tertiary/aromatic N) is 1. The van der Waals surface area contributed by atoms with Gasteiger partial charge in [0.1, 0.15) is 5.82 Å². The zero-order chi connectivity index (χ0) is 20.3. The Hall–Kier alpha value is -2.26. The van der Waals surface area contributed by atoms with Gasteiger partial charge in [0.05, 0.1) is 22.9 Å². The average molecular weight is 425 g/mol. The zero-order valence-corrected chi connectivity index (χ0v) is 17.0. The molecule has 1 aromatic heterocycles. The van der Waals surface area contributed by atoms with E-state index in [1.165, 1.54) is 28.4 Å². The smallest absolute Gasteiger partial charge is 0.264 e. The number of sulfone groups is 1. The maximum absolute atomic E-state index is 13.1. The fourth-order valence-corrected chi connectivity index (χ4v) is 5.71. The lowest BCUT2D eigenvalue weighted by atomic mass is 10.2. The third-order valence-corrected chi connectivity index (χ3v) is 7.44. The van der Waals surface area contributed by atoms with Crippen molar-refractivity contribution in [3.05, 3.63) is 47.1 Å². The Morgan fingerprint density at radius 3 is 2.54 bits per heavy atom. The quantitative estimate of drug-likeness (QED) is 0.771. The number of carbonyl (C=O) groups excluding carboxylic acids is 2. The standard InChI is InChI=1S/C19H21FN2O4S2/c1-2-22(11-18(23)21-15-9-10-28(25,26)12-15)19(24)17-8-7-16(27-17)13-3-5-14(20)6-4-13/h3-8,15H,2,9-12H2,1H3,(H,21,23)/t15-/m0/s1. The van der Waals surface area contributed by atoms with Gasteiger partial charge in [-0.15, -0.1) is 11.3 Å². The Bertz CT molecular complexity index is 970. The molecule has 150 valence electrons. The van der Waals surface area contributed by atoms with Crippen LogP contribution in [0.25, 0.3) is 10.4 Å². The lowest BCUT2D eigenvalue weighted by molar-refractivity contribution is -0.122. The van der Waals surface area contributed by atoms with Crippen LogP contribution < -0.4 is 5.32 Å². The van der Waals surface area contributed by atoms with Crippen LogP contribution in [0, 0.1) is 5.82 Å². The molecule has 1 fully saturated rings. The summed E-state index contributed by atoms with van der Waals surface area (Å²) >= 11 is 1.28. The number of benzene rings is 1. The van der Waals surface area contributed by atoms with Crippen molar-refractivity contribution in [2.24, 2.45) is 0 Å². The van der Waals surface area contributed by atoms with Crippen LogP contribution >= 0.6 is 11.3 Å². The Morgan fingerprint density at radius 1 is 1.21 bits per heavy atom. The van der Waals surface area contributed by atoms with Crippen molar-refractivity contribution in [1.29, 1.82) is 0 Å². The number of nitrogens with one attached hydrogen (secondary N) is 1. The molecule has 28 heavy (non-hydrogen) atoms. The summed E-state index contributed by atoms with van der Waals surface area (Å²) in [6, 6.07) is 9.12. The van der Waals surface area contributed by atoms with E-state index in [1.54, 1.807) is 31.2 Å². The predicted molar refractivity (Wildman–Crippen MR) is 106 cm³/mol. The molecule has 6 nitrogen and oxygen atoms in total. The van der Waals surface area contributed by atoms with E-state index in [9.17, 15) is 22.4 Å². The number of hydrogen-bond acceptors (Lipinski definition) is 5. The first-order valence-corrected chi connectivity index (χ1v) is 11.6. The van der Waals surface area contributed by atoms with Crippen molar-refractivity contribution in [3.8, 4) is 10.4 Å². The zero-order valence-electron chi connectivity index (χ0n) is 15.4. The van der Waals surface area contributed by atoms with Gasteiger partial charge in [0.25, 0.3) is 5.91 Å². The Kier molecular flexibility index (Phi) is 6.14. The van der Waals surface area contributed by atoms with E-state index in [-0.39, 0.29) is 35.7 Å². The SMILES string of the molecule is CCN(CC(=O)N[C@H]1CCS(=O)(=O)C1)C(=O)c1ccc(-c2ccc(F)cc2)s1. The molecule has 3 rings (SSSR count). The third-order valence-electron chi connectivity index (χ3n) is 4.55. The first-order chi connectivity index (χ1) is 13.3. The molecule has 1 atom stereocenters. The summed E-state index contributed by atoms with van der Waals surface area (Å²) in [4.78, 5) is 27.7. The van der Waals surface area contributed by atoms with Crippen LogP contribution in [0.1, 0.15) is 23.0 Å². The maximum Gasteiger partial charge on any atom is 0.264 e. The molecule has 0 aliphatic carbocycles. The number of likely N-dealkylation sites (N-methyl/N-ethyl adjacent to an activating group) is 1. The molecule has 1 aliphatic heterocycles. The second-order valence-electron chi connectivity index (χ2n) is 6.66. The van der Waals surface area contributed by atoms with Crippen LogP contribution in [0.3, 0.4) is 0 Å². The molecule has 9 heteroatoms. The summed E-state index contributed by atoms with van der Waals surface area (Å²) in [6.45, 7) is 1.99. The topological polar surface area (TPSA) is 83.6 Å². The van der Waals surface area contributed by atoms with Gasteiger partial charge >= 0.3 is 0 Å². The molecule has 0 saturated carbocycles. The van der Waals surface area contributed by atoms with Gasteiger partial charge in [0.2, 0.25) is 5.91 Å². The molecule has 1 aromatic carbocycles. The molecule has 0 spiro atoms. The van der Waals surface area contributed by atoms with Crippen LogP contribution in [0.5, 0.6) is 0 Å². The average Bonchev–Trinajstić information content (AvgIpc) is 3.26. The van der Waals surface area contributed by atoms with Gasteiger partial charge in [0.15, 0.2) is 9.84 Å². The van der Waals surface area contributed by atoms with Crippen molar-refractivity contribution in [2.75, 3.05) is 24.6 Å². The Balaban J connectivity index is 1.63. The van der Waals surface area contributed by atoms with Crippen LogP contribution in [0.4, 0.5) is 4.39 Å². The third kappa shape index (κ3) is 4.96. The number of hydrogen-bond donors (Lipinski definition) is 1. The summed E-state index contributed by atoms with van der Waals surface area (Å²) in [5.74, 6) is -0.932. The number of carbonyl (C=O) groups is 2. The minimum Gasteiger partial charge on any atom is -0.351 e. The monoisotopic (exact) mass is 424 g/mol. The molecule has 1 saturated heterocycles. The van der Waals surface area contributed by atoms with Crippen molar-refractivity contribution in [2.45, 2.75) is 19.4 Å². The number of amides is 2. The first kappa shape index (κ1) is 20.5. The molecule has 0 bridgehead atoms. The number of thiophene rings is 1. The van der Waals surface area contributed by atoms with Crippen molar-refractivity contribution in [1.82, 2.24) is 10.2 Å². The summed E-state index contributed by atoms with van der Waals surface area (Å²) in [7, 11) is -3.08. The van der Waals surface area contributed by atoms with E-state index >= 15 is 0 Å². The van der Waals surface area contributed by atoms with Crippen LogP contribution in [0.2, 0.25) is 0 Å². The van der Waals surface area contributed by atoms with E-state index in [1.807, 2.05) is 0 Å². The number of halogens is 1. The Labute approximate surface area is 167 Å². The molecular formula is C19H21FN2O4S2. The molecule has 0 unspecified atom stereocenters. The molecule has 2 aromatic rings. The van der Waals surface area contributed by atoms with Gasteiger partial charge < -0.3 is 10.2 Å². The molecule has 2 amide bonds. The van der Waals surface area contributed by atoms with Crippen LogP contribution in [0.15, 0.2) is 36.4 Å². The highest BCUT2D eigenvalue weighted by molar-refractivity contribution is 7.91. The highest BCUT2D eigenvalue weighted by Crippen LogP contribution is 2.29. The fourth-order valence-electron chi connectivity index (χ4n) is 3.06. The van der Waals surface area contributed by atoms with Crippen LogP contribution in [-0.4, -0.2) is 55.8 Å². The highest BCUT2D eigenvalue weighted by Gasteiger charge is 2.29. The summed E-state index contributed by atoms with van der Waals surface area (Å²) < 4.78 is 36.1. The number of rotatable bonds is 6. The fraction of sp³-hybridized carbons (Fsp3) is 0.368. The van der Waals surface area contributed by atoms with Gasteiger partial charge in [-0.05, 0) is 43.2 Å². The maximum atomic E-state index is 13.1. The normalized spacial score (nSPS) is 18.0. The summed E-state index contributed by atoms with van der Waals surface area (Å²) in [5, 5.41) is 2.70. The van der Waals surface area contributed by atoms with Gasteiger partial charge in [-0.1, -0.05) is 12.1 Å². The van der Waals surface area contributed by atoms with E-state index in [2.05, 4.69) is 5.32 Å². The second-order valence-corrected chi connectivity index (χ2v) is 9.97. The summed E-state index contributed by atoms with van der Waals surface area (Å²) in [5.41, 5.74) is 0.814. The minimum absolute atomic E-state index is 0.0508. The second kappa shape index (κ2) is 8.40. The van der Waals surface area contributed by atoms with Crippen molar-refractivity contribution in [3.63, 3.8) is 0 Å².